The van der Waals surface area contributed by atoms with Gasteiger partial charge in [0.25, 0.3) is 0 Å². The van der Waals surface area contributed by atoms with Gasteiger partial charge in [0, 0.05) is 12.6 Å². The lowest BCUT2D eigenvalue weighted by Gasteiger charge is -2.24. The van der Waals surface area contributed by atoms with E-state index in [0.29, 0.717) is 0 Å². The molecule has 70 valence electrons. The molecule has 1 heterocycles. The van der Waals surface area contributed by atoms with E-state index < -0.39 is 0 Å². The van der Waals surface area contributed by atoms with Gasteiger partial charge in [-0.05, 0) is 45.1 Å². The molecule has 0 aromatic rings. The second-order valence-electron chi connectivity index (χ2n) is 4.64. The largest absolute Gasteiger partial charge is 0.300 e. The van der Waals surface area contributed by atoms with Crippen molar-refractivity contribution in [3.8, 4) is 0 Å². The smallest absolute Gasteiger partial charge is 0.00675 e. The topological polar surface area (TPSA) is 3.24 Å². The lowest BCUT2D eigenvalue weighted by molar-refractivity contribution is 0.226. The van der Waals surface area contributed by atoms with Crippen LogP contribution in [0, 0.1) is 5.92 Å². The van der Waals surface area contributed by atoms with E-state index >= 15 is 0 Å². The van der Waals surface area contributed by atoms with Gasteiger partial charge in [0.15, 0.2) is 0 Å². The minimum absolute atomic E-state index is 0.880. The van der Waals surface area contributed by atoms with Gasteiger partial charge in [0.2, 0.25) is 0 Å². The van der Waals surface area contributed by atoms with Crippen LogP contribution < -0.4 is 0 Å². The minimum atomic E-state index is 0.880. The highest BCUT2D eigenvalue weighted by molar-refractivity contribution is 4.79. The number of nitrogens with zero attached hydrogens (tertiary/aromatic N) is 1. The SMILES string of the molecule is CC1CCCN1CC1CCCC1. The third-order valence-electron chi connectivity index (χ3n) is 3.66. The molecule has 0 aromatic carbocycles. The maximum Gasteiger partial charge on any atom is 0.00675 e. The quantitative estimate of drug-likeness (QED) is 0.611. The van der Waals surface area contributed by atoms with Crippen molar-refractivity contribution >= 4 is 0 Å². The summed E-state index contributed by atoms with van der Waals surface area (Å²) in [7, 11) is 0. The van der Waals surface area contributed by atoms with Crippen LogP contribution in [0.25, 0.3) is 0 Å². The number of rotatable bonds is 2. The van der Waals surface area contributed by atoms with E-state index in [1.54, 1.807) is 0 Å². The van der Waals surface area contributed by atoms with E-state index in [1.807, 2.05) is 0 Å². The van der Waals surface area contributed by atoms with Gasteiger partial charge < -0.3 is 4.90 Å². The minimum Gasteiger partial charge on any atom is -0.300 e. The Morgan fingerprint density at radius 3 is 2.42 bits per heavy atom. The van der Waals surface area contributed by atoms with E-state index in [-0.39, 0.29) is 0 Å². The van der Waals surface area contributed by atoms with Crippen LogP contribution in [0.1, 0.15) is 45.4 Å². The zero-order chi connectivity index (χ0) is 8.39. The zero-order valence-electron chi connectivity index (χ0n) is 8.26. The second kappa shape index (κ2) is 3.78. The van der Waals surface area contributed by atoms with Crippen LogP contribution in [0.3, 0.4) is 0 Å². The highest BCUT2D eigenvalue weighted by Gasteiger charge is 2.24. The predicted molar refractivity (Wildman–Crippen MR) is 52.2 cm³/mol. The summed E-state index contributed by atoms with van der Waals surface area (Å²) in [5, 5.41) is 0. The summed E-state index contributed by atoms with van der Waals surface area (Å²) in [4.78, 5) is 2.70. The molecule has 0 N–H and O–H groups in total. The molecule has 1 heteroatoms. The Balaban J connectivity index is 1.77. The van der Waals surface area contributed by atoms with Crippen molar-refractivity contribution in [3.63, 3.8) is 0 Å². The summed E-state index contributed by atoms with van der Waals surface area (Å²) < 4.78 is 0. The third kappa shape index (κ3) is 1.82. The second-order valence-corrected chi connectivity index (χ2v) is 4.64. The van der Waals surface area contributed by atoms with E-state index in [0.717, 1.165) is 12.0 Å². The molecule has 2 rings (SSSR count). The van der Waals surface area contributed by atoms with E-state index in [1.165, 1.54) is 51.6 Å². The van der Waals surface area contributed by atoms with Gasteiger partial charge in [0.1, 0.15) is 0 Å². The number of likely N-dealkylation sites (tertiary alicyclic amines) is 1. The van der Waals surface area contributed by atoms with Crippen LogP contribution >= 0.6 is 0 Å². The summed E-state index contributed by atoms with van der Waals surface area (Å²) in [5.74, 6) is 1.05. The van der Waals surface area contributed by atoms with Gasteiger partial charge in [-0.1, -0.05) is 12.8 Å². The van der Waals surface area contributed by atoms with Crippen LogP contribution in [0.4, 0.5) is 0 Å². The molecule has 2 fully saturated rings. The molecule has 0 bridgehead atoms. The predicted octanol–water partition coefficient (Wildman–Crippen LogP) is 2.66. The monoisotopic (exact) mass is 167 g/mol. The van der Waals surface area contributed by atoms with E-state index in [9.17, 15) is 0 Å². The van der Waals surface area contributed by atoms with Crippen molar-refractivity contribution in [2.45, 2.75) is 51.5 Å². The average molecular weight is 167 g/mol. The van der Waals surface area contributed by atoms with E-state index in [2.05, 4.69) is 11.8 Å². The van der Waals surface area contributed by atoms with Crippen molar-refractivity contribution in [2.24, 2.45) is 5.92 Å². The molecular weight excluding hydrogens is 146 g/mol. The first-order chi connectivity index (χ1) is 5.86. The molecule has 1 atom stereocenters. The maximum atomic E-state index is 2.70. The zero-order valence-corrected chi connectivity index (χ0v) is 8.26. The first kappa shape index (κ1) is 8.55. The van der Waals surface area contributed by atoms with Crippen LogP contribution in [0.2, 0.25) is 0 Å². The summed E-state index contributed by atoms with van der Waals surface area (Å²) in [5.41, 5.74) is 0. The highest BCUT2D eigenvalue weighted by atomic mass is 15.2. The fourth-order valence-electron chi connectivity index (χ4n) is 2.79. The van der Waals surface area contributed by atoms with Gasteiger partial charge in [0.05, 0.1) is 0 Å². The van der Waals surface area contributed by atoms with E-state index in [4.69, 9.17) is 0 Å². The first-order valence-electron chi connectivity index (χ1n) is 5.60. The summed E-state index contributed by atoms with van der Waals surface area (Å²) in [6.45, 7) is 5.17. The standard InChI is InChI=1S/C11H21N/c1-10-5-4-8-12(10)9-11-6-2-3-7-11/h10-11H,2-9H2,1H3. The Bertz CT molecular complexity index is 138. The molecule has 0 aromatic heterocycles. The Morgan fingerprint density at radius 1 is 1.08 bits per heavy atom. The van der Waals surface area contributed by atoms with Gasteiger partial charge in [-0.3, -0.25) is 0 Å². The Morgan fingerprint density at radius 2 is 1.83 bits per heavy atom. The van der Waals surface area contributed by atoms with Crippen molar-refractivity contribution in [1.82, 2.24) is 4.90 Å². The number of hydrogen-bond acceptors (Lipinski definition) is 1. The molecule has 1 aliphatic carbocycles. The van der Waals surface area contributed by atoms with Gasteiger partial charge in [-0.15, -0.1) is 0 Å². The molecule has 12 heavy (non-hydrogen) atoms. The Kier molecular flexibility index (Phi) is 2.69. The average Bonchev–Trinajstić information content (AvgIpc) is 2.65. The molecular formula is C11H21N. The first-order valence-corrected chi connectivity index (χ1v) is 5.60. The molecule has 1 nitrogen and oxygen atoms in total. The molecule has 1 aliphatic heterocycles. The fourth-order valence-corrected chi connectivity index (χ4v) is 2.79. The van der Waals surface area contributed by atoms with Gasteiger partial charge >= 0.3 is 0 Å². The van der Waals surface area contributed by atoms with Crippen LogP contribution in [0.15, 0.2) is 0 Å². The summed E-state index contributed by atoms with van der Waals surface area (Å²) >= 11 is 0. The Labute approximate surface area is 76.1 Å². The van der Waals surface area contributed by atoms with Crippen LogP contribution in [-0.2, 0) is 0 Å². The molecule has 1 saturated heterocycles. The van der Waals surface area contributed by atoms with Crippen molar-refractivity contribution in [3.05, 3.63) is 0 Å². The fraction of sp³-hybridized carbons (Fsp3) is 1.00. The van der Waals surface area contributed by atoms with Crippen LogP contribution in [-0.4, -0.2) is 24.0 Å². The van der Waals surface area contributed by atoms with Crippen molar-refractivity contribution < 1.29 is 0 Å². The molecule has 1 saturated carbocycles. The van der Waals surface area contributed by atoms with Crippen molar-refractivity contribution in [2.75, 3.05) is 13.1 Å². The molecule has 1 unspecified atom stereocenters. The lowest BCUT2D eigenvalue weighted by atomic mass is 10.1. The van der Waals surface area contributed by atoms with Gasteiger partial charge in [-0.2, -0.15) is 0 Å². The summed E-state index contributed by atoms with van der Waals surface area (Å²) in [6, 6.07) is 0.880. The molecule has 0 spiro atoms. The van der Waals surface area contributed by atoms with Gasteiger partial charge in [-0.25, -0.2) is 0 Å². The maximum absolute atomic E-state index is 2.70. The molecule has 0 radical (unpaired) electrons. The summed E-state index contributed by atoms with van der Waals surface area (Å²) in [6.07, 6.45) is 8.87. The number of hydrogen-bond donors (Lipinski definition) is 0. The molecule has 0 amide bonds. The molecule has 2 aliphatic rings. The highest BCUT2D eigenvalue weighted by Crippen LogP contribution is 2.28. The normalized spacial score (nSPS) is 33.2. The van der Waals surface area contributed by atoms with Crippen LogP contribution in [0.5, 0.6) is 0 Å². The van der Waals surface area contributed by atoms with Crippen molar-refractivity contribution in [1.29, 1.82) is 0 Å². The Hall–Kier alpha value is -0.0400. The lowest BCUT2D eigenvalue weighted by Crippen LogP contribution is -2.31. The third-order valence-corrected chi connectivity index (χ3v) is 3.66.